The van der Waals surface area contributed by atoms with Gasteiger partial charge in [0.15, 0.2) is 16.6 Å². The number of rotatable bonds is 7. The Morgan fingerprint density at radius 2 is 1.81 bits per heavy atom. The van der Waals surface area contributed by atoms with Crippen LogP contribution in [0.2, 0.25) is 0 Å². The van der Waals surface area contributed by atoms with Gasteiger partial charge in [0, 0.05) is 6.54 Å². The number of fused-ring (bicyclic) bond motifs is 1. The third-order valence-corrected chi connectivity index (χ3v) is 5.44. The van der Waals surface area contributed by atoms with E-state index in [-0.39, 0.29) is 5.91 Å². The zero-order valence-electron chi connectivity index (χ0n) is 17.6. The molecule has 0 bridgehead atoms. The van der Waals surface area contributed by atoms with Gasteiger partial charge in [0.05, 0.1) is 6.61 Å². The minimum Gasteiger partial charge on any atom is -0.490 e. The second kappa shape index (κ2) is 9.18. The molecule has 1 amide bonds. The molecule has 6 heteroatoms. The Morgan fingerprint density at radius 1 is 1.00 bits per heavy atom. The van der Waals surface area contributed by atoms with Crippen LogP contribution in [0.5, 0.6) is 11.5 Å². The SMILES string of the molecule is CCOc1cc(C=C2NC(=S)N(CC)C2=O)ccc1OCc1cccc2ccccc12. The Morgan fingerprint density at radius 3 is 2.58 bits per heavy atom. The Hall–Kier alpha value is -3.38. The minimum atomic E-state index is -0.123. The summed E-state index contributed by atoms with van der Waals surface area (Å²) < 4.78 is 11.9. The van der Waals surface area contributed by atoms with Crippen LogP contribution in [0.4, 0.5) is 0 Å². The summed E-state index contributed by atoms with van der Waals surface area (Å²) in [7, 11) is 0. The van der Waals surface area contributed by atoms with E-state index in [4.69, 9.17) is 21.7 Å². The maximum atomic E-state index is 12.4. The highest BCUT2D eigenvalue weighted by atomic mass is 32.1. The highest BCUT2D eigenvalue weighted by Gasteiger charge is 2.29. The van der Waals surface area contributed by atoms with E-state index in [1.807, 2.05) is 50.2 Å². The van der Waals surface area contributed by atoms with Crippen molar-refractivity contribution in [2.24, 2.45) is 0 Å². The number of nitrogens with one attached hydrogen (secondary N) is 1. The van der Waals surface area contributed by atoms with Crippen molar-refractivity contribution in [3.63, 3.8) is 0 Å². The lowest BCUT2D eigenvalue weighted by molar-refractivity contribution is -0.122. The number of hydrogen-bond acceptors (Lipinski definition) is 4. The summed E-state index contributed by atoms with van der Waals surface area (Å²) in [6.07, 6.45) is 1.78. The summed E-state index contributed by atoms with van der Waals surface area (Å²) in [5.41, 5.74) is 2.40. The van der Waals surface area contributed by atoms with Crippen molar-refractivity contribution in [3.05, 3.63) is 77.5 Å². The van der Waals surface area contributed by atoms with Crippen LogP contribution in [0.3, 0.4) is 0 Å². The normalized spacial score (nSPS) is 14.9. The molecule has 1 aliphatic rings. The van der Waals surface area contributed by atoms with Gasteiger partial charge < -0.3 is 14.8 Å². The highest BCUT2D eigenvalue weighted by molar-refractivity contribution is 7.80. The molecule has 0 aliphatic carbocycles. The van der Waals surface area contributed by atoms with Crippen LogP contribution in [0.1, 0.15) is 25.0 Å². The molecule has 31 heavy (non-hydrogen) atoms. The summed E-state index contributed by atoms with van der Waals surface area (Å²) in [4.78, 5) is 14.0. The van der Waals surface area contributed by atoms with Gasteiger partial charge in [-0.3, -0.25) is 9.69 Å². The molecular weight excluding hydrogens is 408 g/mol. The smallest absolute Gasteiger partial charge is 0.276 e. The predicted octanol–water partition coefficient (Wildman–Crippen LogP) is 4.90. The Bertz CT molecular complexity index is 1170. The molecule has 5 nitrogen and oxygen atoms in total. The van der Waals surface area contributed by atoms with Gasteiger partial charge in [-0.25, -0.2) is 0 Å². The van der Waals surface area contributed by atoms with E-state index in [1.165, 1.54) is 15.7 Å². The summed E-state index contributed by atoms with van der Waals surface area (Å²) in [6, 6.07) is 20.1. The maximum Gasteiger partial charge on any atom is 0.276 e. The van der Waals surface area contributed by atoms with Crippen molar-refractivity contribution >= 4 is 40.1 Å². The van der Waals surface area contributed by atoms with E-state index in [9.17, 15) is 4.79 Å². The van der Waals surface area contributed by atoms with Gasteiger partial charge in [-0.2, -0.15) is 0 Å². The van der Waals surface area contributed by atoms with E-state index >= 15 is 0 Å². The topological polar surface area (TPSA) is 50.8 Å². The first-order valence-corrected chi connectivity index (χ1v) is 10.7. The molecule has 1 aliphatic heterocycles. The molecular formula is C25H24N2O3S. The Labute approximate surface area is 187 Å². The third kappa shape index (κ3) is 4.39. The lowest BCUT2D eigenvalue weighted by Crippen LogP contribution is -2.30. The Kier molecular flexibility index (Phi) is 6.18. The largest absolute Gasteiger partial charge is 0.490 e. The average molecular weight is 433 g/mol. The first-order valence-electron chi connectivity index (χ1n) is 10.3. The minimum absolute atomic E-state index is 0.123. The van der Waals surface area contributed by atoms with Crippen molar-refractivity contribution in [3.8, 4) is 11.5 Å². The molecule has 1 heterocycles. The van der Waals surface area contributed by atoms with Crippen LogP contribution in [0.25, 0.3) is 16.8 Å². The van der Waals surface area contributed by atoms with Crippen molar-refractivity contribution in [1.29, 1.82) is 0 Å². The fourth-order valence-corrected chi connectivity index (χ4v) is 3.92. The lowest BCUT2D eigenvalue weighted by Gasteiger charge is -2.14. The number of thiocarbonyl (C=S) groups is 1. The van der Waals surface area contributed by atoms with Crippen molar-refractivity contribution in [2.75, 3.05) is 13.2 Å². The monoisotopic (exact) mass is 432 g/mol. The van der Waals surface area contributed by atoms with Gasteiger partial charge in [-0.05, 0) is 66.2 Å². The first kappa shape index (κ1) is 20.9. The molecule has 3 aromatic rings. The van der Waals surface area contributed by atoms with Crippen LogP contribution in [-0.2, 0) is 11.4 Å². The Balaban J connectivity index is 1.57. The summed E-state index contributed by atoms with van der Waals surface area (Å²) in [6.45, 7) is 5.30. The number of carbonyl (C=O) groups excluding carboxylic acids is 1. The molecule has 1 saturated heterocycles. The summed E-state index contributed by atoms with van der Waals surface area (Å²) in [5.74, 6) is 1.17. The standard InChI is InChI=1S/C25H24N2O3S/c1-3-27-24(28)21(26-25(27)31)14-17-12-13-22(23(15-17)29-4-2)30-16-19-10-7-9-18-8-5-6-11-20(18)19/h5-15H,3-4,16H2,1-2H3,(H,26,31). The van der Waals surface area contributed by atoms with Crippen LogP contribution in [0.15, 0.2) is 66.4 Å². The lowest BCUT2D eigenvalue weighted by atomic mass is 10.1. The van der Waals surface area contributed by atoms with Gasteiger partial charge in [0.25, 0.3) is 5.91 Å². The fourth-order valence-electron chi connectivity index (χ4n) is 3.60. The predicted molar refractivity (Wildman–Crippen MR) is 127 cm³/mol. The van der Waals surface area contributed by atoms with E-state index in [0.717, 1.165) is 11.1 Å². The van der Waals surface area contributed by atoms with Crippen molar-refractivity contribution < 1.29 is 14.3 Å². The summed E-state index contributed by atoms with van der Waals surface area (Å²) in [5, 5.41) is 5.77. The maximum absolute atomic E-state index is 12.4. The number of benzene rings is 3. The second-order valence-electron chi connectivity index (χ2n) is 7.10. The van der Waals surface area contributed by atoms with Gasteiger partial charge >= 0.3 is 0 Å². The quantitative estimate of drug-likeness (QED) is 0.425. The fraction of sp³-hybridized carbons (Fsp3) is 0.200. The number of ether oxygens (including phenoxy) is 2. The molecule has 0 saturated carbocycles. The number of nitrogens with zero attached hydrogens (tertiary/aromatic N) is 1. The number of hydrogen-bond donors (Lipinski definition) is 1. The van der Waals surface area contributed by atoms with Gasteiger partial charge in [0.2, 0.25) is 0 Å². The first-order chi connectivity index (χ1) is 15.1. The zero-order valence-corrected chi connectivity index (χ0v) is 18.4. The zero-order chi connectivity index (χ0) is 21.8. The number of amides is 1. The molecule has 1 N–H and O–H groups in total. The van der Waals surface area contributed by atoms with E-state index in [1.54, 1.807) is 6.08 Å². The van der Waals surface area contributed by atoms with Crippen molar-refractivity contribution in [2.45, 2.75) is 20.5 Å². The van der Waals surface area contributed by atoms with E-state index < -0.39 is 0 Å². The molecule has 158 valence electrons. The van der Waals surface area contributed by atoms with E-state index in [2.05, 4.69) is 29.6 Å². The van der Waals surface area contributed by atoms with Crippen LogP contribution in [-0.4, -0.2) is 29.1 Å². The number of likely N-dealkylation sites (N-methyl/N-ethyl adjacent to an activating group) is 1. The summed E-state index contributed by atoms with van der Waals surface area (Å²) >= 11 is 5.22. The molecule has 0 atom stereocenters. The second-order valence-corrected chi connectivity index (χ2v) is 7.49. The van der Waals surface area contributed by atoms with Gasteiger partial charge in [-0.15, -0.1) is 0 Å². The van der Waals surface area contributed by atoms with Crippen molar-refractivity contribution in [1.82, 2.24) is 10.2 Å². The molecule has 4 rings (SSSR count). The van der Waals surface area contributed by atoms with Gasteiger partial charge in [0.1, 0.15) is 12.3 Å². The molecule has 0 spiro atoms. The molecule has 0 unspecified atom stereocenters. The third-order valence-electron chi connectivity index (χ3n) is 5.12. The molecule has 0 radical (unpaired) electrons. The van der Waals surface area contributed by atoms with Crippen LogP contribution < -0.4 is 14.8 Å². The average Bonchev–Trinajstić information content (AvgIpc) is 3.05. The highest BCUT2D eigenvalue weighted by Crippen LogP contribution is 2.31. The van der Waals surface area contributed by atoms with Crippen LogP contribution in [0, 0.1) is 0 Å². The number of carbonyl (C=O) groups is 1. The molecule has 3 aromatic carbocycles. The molecule has 0 aromatic heterocycles. The van der Waals surface area contributed by atoms with Gasteiger partial charge in [-0.1, -0.05) is 48.5 Å². The molecule has 1 fully saturated rings. The van der Waals surface area contributed by atoms with E-state index in [0.29, 0.717) is 42.1 Å². The van der Waals surface area contributed by atoms with Crippen LogP contribution >= 0.6 is 12.2 Å².